The first-order valence-corrected chi connectivity index (χ1v) is 7.75. The molecular weight excluding hydrogens is 270 g/mol. The van der Waals surface area contributed by atoms with Gasteiger partial charge in [-0.1, -0.05) is 13.3 Å². The monoisotopic (exact) mass is 290 g/mol. The smallest absolute Gasteiger partial charge is 0.137 e. The first-order chi connectivity index (χ1) is 10.2. The van der Waals surface area contributed by atoms with Crippen LogP contribution in [0, 0.1) is 11.6 Å². The maximum Gasteiger partial charge on any atom is 0.137 e. The van der Waals surface area contributed by atoms with E-state index in [1.165, 1.54) is 6.07 Å². The summed E-state index contributed by atoms with van der Waals surface area (Å²) in [4.78, 5) is 4.55. The molecule has 1 aliphatic carbocycles. The predicted octanol–water partition coefficient (Wildman–Crippen LogP) is 4.60. The largest absolute Gasteiger partial charge is 0.384 e. The molecule has 0 radical (unpaired) electrons. The summed E-state index contributed by atoms with van der Waals surface area (Å²) in [6, 6.07) is 2.28. The van der Waals surface area contributed by atoms with Crippen molar-refractivity contribution >= 4 is 16.6 Å². The highest BCUT2D eigenvalue weighted by atomic mass is 19.1. The second-order valence-electron chi connectivity index (χ2n) is 5.68. The number of hydrogen-bond acceptors (Lipinski definition) is 2. The minimum Gasteiger partial charge on any atom is -0.384 e. The number of benzene rings is 1. The molecule has 0 atom stereocenters. The molecule has 2 nitrogen and oxygen atoms in total. The SMILES string of the molecule is CCCNc1c2c(nc3cc(F)cc(F)c13)CCCCC2. The number of rotatable bonds is 3. The Morgan fingerprint density at radius 2 is 1.95 bits per heavy atom. The summed E-state index contributed by atoms with van der Waals surface area (Å²) < 4.78 is 27.8. The molecule has 0 aliphatic heterocycles. The number of aryl methyl sites for hydroxylation is 1. The first kappa shape index (κ1) is 14.2. The van der Waals surface area contributed by atoms with Gasteiger partial charge in [-0.15, -0.1) is 0 Å². The van der Waals surface area contributed by atoms with Crippen molar-refractivity contribution in [2.45, 2.75) is 45.4 Å². The summed E-state index contributed by atoms with van der Waals surface area (Å²) in [5.41, 5.74) is 3.38. The topological polar surface area (TPSA) is 24.9 Å². The van der Waals surface area contributed by atoms with E-state index in [0.717, 1.165) is 68.1 Å². The molecule has 0 amide bonds. The van der Waals surface area contributed by atoms with Crippen molar-refractivity contribution in [1.29, 1.82) is 0 Å². The molecule has 21 heavy (non-hydrogen) atoms. The van der Waals surface area contributed by atoms with E-state index in [9.17, 15) is 8.78 Å². The van der Waals surface area contributed by atoms with E-state index < -0.39 is 11.6 Å². The van der Waals surface area contributed by atoms with Crippen LogP contribution in [-0.4, -0.2) is 11.5 Å². The van der Waals surface area contributed by atoms with Crippen LogP contribution in [0.4, 0.5) is 14.5 Å². The van der Waals surface area contributed by atoms with Crippen LogP contribution in [0.2, 0.25) is 0 Å². The van der Waals surface area contributed by atoms with Crippen LogP contribution in [0.15, 0.2) is 12.1 Å². The zero-order valence-electron chi connectivity index (χ0n) is 12.3. The van der Waals surface area contributed by atoms with Crippen LogP contribution < -0.4 is 5.32 Å². The summed E-state index contributed by atoms with van der Waals surface area (Å²) >= 11 is 0. The van der Waals surface area contributed by atoms with Gasteiger partial charge in [-0.3, -0.25) is 4.98 Å². The van der Waals surface area contributed by atoms with Gasteiger partial charge in [0.1, 0.15) is 11.6 Å². The summed E-state index contributed by atoms with van der Waals surface area (Å²) in [5.74, 6) is -1.09. The lowest BCUT2D eigenvalue weighted by Gasteiger charge is -2.17. The van der Waals surface area contributed by atoms with Crippen molar-refractivity contribution in [1.82, 2.24) is 4.98 Å². The lowest BCUT2D eigenvalue weighted by molar-refractivity contribution is 0.591. The number of fused-ring (bicyclic) bond motifs is 2. The lowest BCUT2D eigenvalue weighted by atomic mass is 10.0. The van der Waals surface area contributed by atoms with Crippen molar-refractivity contribution in [3.8, 4) is 0 Å². The van der Waals surface area contributed by atoms with Gasteiger partial charge in [0.25, 0.3) is 0 Å². The number of nitrogens with zero attached hydrogens (tertiary/aromatic N) is 1. The van der Waals surface area contributed by atoms with E-state index in [4.69, 9.17) is 0 Å². The molecule has 4 heteroatoms. The van der Waals surface area contributed by atoms with E-state index >= 15 is 0 Å². The quantitative estimate of drug-likeness (QED) is 0.835. The van der Waals surface area contributed by atoms with Gasteiger partial charge in [0.2, 0.25) is 0 Å². The van der Waals surface area contributed by atoms with E-state index in [1.54, 1.807) is 0 Å². The Morgan fingerprint density at radius 3 is 2.76 bits per heavy atom. The molecular formula is C17H20F2N2. The first-order valence-electron chi connectivity index (χ1n) is 7.75. The fourth-order valence-corrected chi connectivity index (χ4v) is 3.10. The standard InChI is InChI=1S/C17H20F2N2/c1-2-8-20-17-12-6-4-3-5-7-14(12)21-15-10-11(18)9-13(19)16(15)17/h9-10H,2-8H2,1H3,(H,20,21). The molecule has 2 aromatic rings. The van der Waals surface area contributed by atoms with E-state index in [2.05, 4.69) is 17.2 Å². The third-order valence-corrected chi connectivity index (χ3v) is 4.08. The van der Waals surface area contributed by atoms with Gasteiger partial charge >= 0.3 is 0 Å². The molecule has 1 N–H and O–H groups in total. The molecule has 1 aromatic carbocycles. The Morgan fingerprint density at radius 1 is 1.14 bits per heavy atom. The Hall–Kier alpha value is -1.71. The zero-order valence-corrected chi connectivity index (χ0v) is 12.3. The Labute approximate surface area is 123 Å². The highest BCUT2D eigenvalue weighted by Gasteiger charge is 2.19. The maximum absolute atomic E-state index is 14.3. The number of nitrogens with one attached hydrogen (secondary N) is 1. The van der Waals surface area contributed by atoms with Crippen LogP contribution in [-0.2, 0) is 12.8 Å². The fourth-order valence-electron chi connectivity index (χ4n) is 3.10. The average Bonchev–Trinajstić information content (AvgIpc) is 2.68. The number of anilines is 1. The molecule has 0 fully saturated rings. The van der Waals surface area contributed by atoms with Crippen LogP contribution in [0.25, 0.3) is 10.9 Å². The van der Waals surface area contributed by atoms with E-state index in [-0.39, 0.29) is 0 Å². The van der Waals surface area contributed by atoms with Gasteiger partial charge < -0.3 is 5.32 Å². The number of hydrogen-bond donors (Lipinski definition) is 1. The van der Waals surface area contributed by atoms with Crippen molar-refractivity contribution in [3.63, 3.8) is 0 Å². The van der Waals surface area contributed by atoms with Gasteiger partial charge in [0.05, 0.1) is 16.6 Å². The third kappa shape index (κ3) is 2.71. The summed E-state index contributed by atoms with van der Waals surface area (Å²) in [7, 11) is 0. The predicted molar refractivity (Wildman–Crippen MR) is 81.7 cm³/mol. The number of aromatic nitrogens is 1. The Balaban J connectivity index is 2.26. The Kier molecular flexibility index (Phi) is 4.04. The normalized spacial score (nSPS) is 14.8. The molecule has 0 spiro atoms. The number of pyridine rings is 1. The van der Waals surface area contributed by atoms with E-state index in [0.29, 0.717) is 10.9 Å². The zero-order chi connectivity index (χ0) is 14.8. The van der Waals surface area contributed by atoms with Gasteiger partial charge in [-0.25, -0.2) is 8.78 Å². The molecule has 1 aromatic heterocycles. The molecule has 3 rings (SSSR count). The summed E-state index contributed by atoms with van der Waals surface area (Å²) in [6.45, 7) is 2.85. The van der Waals surface area contributed by atoms with Crippen molar-refractivity contribution < 1.29 is 8.78 Å². The second kappa shape index (κ2) is 5.96. The molecule has 1 aliphatic rings. The van der Waals surface area contributed by atoms with Crippen molar-refractivity contribution in [3.05, 3.63) is 35.0 Å². The third-order valence-electron chi connectivity index (χ3n) is 4.08. The molecule has 112 valence electrons. The van der Waals surface area contributed by atoms with E-state index in [1.807, 2.05) is 0 Å². The molecule has 0 unspecified atom stereocenters. The minimum absolute atomic E-state index is 0.423. The van der Waals surface area contributed by atoms with Crippen LogP contribution in [0.1, 0.15) is 43.9 Å². The molecule has 0 saturated carbocycles. The fraction of sp³-hybridized carbons (Fsp3) is 0.471. The van der Waals surface area contributed by atoms with Gasteiger partial charge in [0, 0.05) is 24.4 Å². The summed E-state index contributed by atoms with van der Waals surface area (Å²) in [6.07, 6.45) is 6.13. The maximum atomic E-state index is 14.3. The lowest BCUT2D eigenvalue weighted by Crippen LogP contribution is -2.09. The van der Waals surface area contributed by atoms with Crippen molar-refractivity contribution in [2.24, 2.45) is 0 Å². The molecule has 0 bridgehead atoms. The van der Waals surface area contributed by atoms with Gasteiger partial charge in [-0.05, 0) is 37.7 Å². The van der Waals surface area contributed by atoms with Gasteiger partial charge in [-0.2, -0.15) is 0 Å². The molecule has 0 saturated heterocycles. The highest BCUT2D eigenvalue weighted by molar-refractivity contribution is 5.94. The van der Waals surface area contributed by atoms with Crippen LogP contribution in [0.5, 0.6) is 0 Å². The summed E-state index contributed by atoms with van der Waals surface area (Å²) in [5, 5.41) is 3.79. The molecule has 1 heterocycles. The number of halogens is 2. The van der Waals surface area contributed by atoms with Crippen LogP contribution in [0.3, 0.4) is 0 Å². The second-order valence-corrected chi connectivity index (χ2v) is 5.68. The average molecular weight is 290 g/mol. The van der Waals surface area contributed by atoms with Gasteiger partial charge in [0.15, 0.2) is 0 Å². The van der Waals surface area contributed by atoms with Crippen molar-refractivity contribution in [2.75, 3.05) is 11.9 Å². The highest BCUT2D eigenvalue weighted by Crippen LogP contribution is 2.34. The van der Waals surface area contributed by atoms with Crippen LogP contribution >= 0.6 is 0 Å². The Bertz CT molecular complexity index is 668. The minimum atomic E-state index is -0.567.